The lowest BCUT2D eigenvalue weighted by Gasteiger charge is -2.11. The molecule has 1 aromatic carbocycles. The van der Waals surface area contributed by atoms with Crippen molar-refractivity contribution < 1.29 is 23.9 Å². The Balaban J connectivity index is 1.51. The second kappa shape index (κ2) is 7.09. The monoisotopic (exact) mass is 346 g/mol. The van der Waals surface area contributed by atoms with Crippen LogP contribution < -0.4 is 10.5 Å². The summed E-state index contributed by atoms with van der Waals surface area (Å²) in [6.07, 6.45) is 1.88. The highest BCUT2D eigenvalue weighted by Crippen LogP contribution is 2.30. The van der Waals surface area contributed by atoms with Crippen LogP contribution in [-0.2, 0) is 9.47 Å². The molecule has 10 heteroatoms. The van der Waals surface area contributed by atoms with E-state index in [9.17, 15) is 14.9 Å². The number of anilines is 1. The molecule has 0 saturated carbocycles. The highest BCUT2D eigenvalue weighted by molar-refractivity contribution is 5.64. The Hall–Kier alpha value is -3.27. The summed E-state index contributed by atoms with van der Waals surface area (Å²) in [5.74, 6) is 0.319. The van der Waals surface area contributed by atoms with E-state index in [2.05, 4.69) is 9.97 Å². The van der Waals surface area contributed by atoms with Crippen molar-refractivity contribution in [2.75, 3.05) is 12.3 Å². The molecule has 1 aromatic heterocycles. The molecule has 2 unspecified atom stereocenters. The van der Waals surface area contributed by atoms with Gasteiger partial charge in [-0.3, -0.25) is 10.1 Å². The molecule has 0 bridgehead atoms. The highest BCUT2D eigenvalue weighted by atomic mass is 16.7. The number of carbonyl (C=O) groups excluding carboxylic acids is 1. The summed E-state index contributed by atoms with van der Waals surface area (Å²) < 4.78 is 15.7. The van der Waals surface area contributed by atoms with Crippen LogP contribution in [0.25, 0.3) is 0 Å². The first kappa shape index (κ1) is 16.6. The van der Waals surface area contributed by atoms with Gasteiger partial charge >= 0.3 is 6.16 Å². The van der Waals surface area contributed by atoms with Gasteiger partial charge in [-0.25, -0.2) is 14.8 Å². The third-order valence-electron chi connectivity index (χ3n) is 3.54. The molecule has 2 N–H and O–H groups in total. The minimum Gasteiger partial charge on any atom is -0.428 e. The summed E-state index contributed by atoms with van der Waals surface area (Å²) in [5.41, 5.74) is 6.07. The fourth-order valence-electron chi connectivity index (χ4n) is 2.32. The summed E-state index contributed by atoms with van der Waals surface area (Å²) in [6, 6.07) is 5.11. The molecule has 2 aromatic rings. The molecule has 1 saturated heterocycles. The van der Waals surface area contributed by atoms with Gasteiger partial charge < -0.3 is 19.9 Å². The molecule has 0 radical (unpaired) electrons. The Morgan fingerprint density at radius 3 is 2.60 bits per heavy atom. The van der Waals surface area contributed by atoms with Gasteiger partial charge in [0.2, 0.25) is 5.95 Å². The van der Waals surface area contributed by atoms with Crippen LogP contribution in [0, 0.1) is 10.1 Å². The van der Waals surface area contributed by atoms with Crippen molar-refractivity contribution in [1.29, 1.82) is 0 Å². The number of rotatable bonds is 4. The number of nitrogen functional groups attached to an aromatic ring is 1. The average Bonchev–Trinajstić information content (AvgIpc) is 3.04. The maximum Gasteiger partial charge on any atom is 0.514 e. The number of nitro groups is 1. The Labute approximate surface area is 141 Å². The third-order valence-corrected chi connectivity index (χ3v) is 3.54. The maximum absolute atomic E-state index is 11.8. The molecular weight excluding hydrogens is 332 g/mol. The van der Waals surface area contributed by atoms with Crippen molar-refractivity contribution >= 4 is 17.8 Å². The number of hydrogen-bond donors (Lipinski definition) is 1. The summed E-state index contributed by atoms with van der Waals surface area (Å²) in [4.78, 5) is 29.6. The number of nitrogens with two attached hydrogens (primary N) is 1. The summed E-state index contributed by atoms with van der Waals surface area (Å²) >= 11 is 0. The zero-order chi connectivity index (χ0) is 17.8. The zero-order valence-electron chi connectivity index (χ0n) is 12.9. The smallest absolute Gasteiger partial charge is 0.428 e. The molecule has 25 heavy (non-hydrogen) atoms. The molecule has 3 rings (SSSR count). The van der Waals surface area contributed by atoms with Gasteiger partial charge in [-0.15, -0.1) is 0 Å². The lowest BCUT2D eigenvalue weighted by Crippen LogP contribution is -2.20. The SMILES string of the molecule is Nc1ncc(C2CC(OC(=O)Oc3ccc([N+](=O)[O-])cc3)CO2)cn1. The molecule has 130 valence electrons. The Kier molecular flexibility index (Phi) is 4.70. The van der Waals surface area contributed by atoms with E-state index in [-0.39, 0.29) is 30.1 Å². The lowest BCUT2D eigenvalue weighted by atomic mass is 10.1. The Morgan fingerprint density at radius 2 is 1.96 bits per heavy atom. The van der Waals surface area contributed by atoms with Crippen LogP contribution in [0.1, 0.15) is 18.1 Å². The first-order valence-corrected chi connectivity index (χ1v) is 7.33. The first-order valence-electron chi connectivity index (χ1n) is 7.33. The molecule has 1 fully saturated rings. The molecule has 2 atom stereocenters. The van der Waals surface area contributed by atoms with Crippen molar-refractivity contribution in [3.05, 3.63) is 52.3 Å². The quantitative estimate of drug-likeness (QED) is 0.381. The molecule has 2 heterocycles. The number of non-ortho nitro benzene ring substituents is 1. The van der Waals surface area contributed by atoms with Crippen LogP contribution in [0.2, 0.25) is 0 Å². The molecule has 0 aliphatic carbocycles. The second-order valence-electron chi connectivity index (χ2n) is 5.28. The Morgan fingerprint density at radius 1 is 1.28 bits per heavy atom. The van der Waals surface area contributed by atoms with Gasteiger partial charge in [-0.1, -0.05) is 0 Å². The van der Waals surface area contributed by atoms with Crippen LogP contribution in [0.4, 0.5) is 16.4 Å². The van der Waals surface area contributed by atoms with Gasteiger partial charge in [0.25, 0.3) is 5.69 Å². The fourth-order valence-corrected chi connectivity index (χ4v) is 2.32. The second-order valence-corrected chi connectivity index (χ2v) is 5.28. The van der Waals surface area contributed by atoms with Crippen molar-refractivity contribution in [3.8, 4) is 5.75 Å². The third kappa shape index (κ3) is 4.18. The number of benzene rings is 1. The normalized spacial score (nSPS) is 19.4. The standard InChI is InChI=1S/C15H14N4O6/c16-14-17-6-9(7-18-14)13-5-12(8-23-13)25-15(20)24-11-3-1-10(2-4-11)19(21)22/h1-4,6-7,12-13H,5,8H2,(H2,16,17,18). The summed E-state index contributed by atoms with van der Waals surface area (Å²) in [6.45, 7) is 0.213. The zero-order valence-corrected chi connectivity index (χ0v) is 12.9. The fraction of sp³-hybridized carbons (Fsp3) is 0.267. The predicted molar refractivity (Wildman–Crippen MR) is 83.7 cm³/mol. The number of carbonyl (C=O) groups is 1. The van der Waals surface area contributed by atoms with E-state index in [4.69, 9.17) is 19.9 Å². The number of hydrogen-bond acceptors (Lipinski definition) is 9. The molecular formula is C15H14N4O6. The number of nitrogens with zero attached hydrogens (tertiary/aromatic N) is 3. The number of nitro benzene ring substituents is 1. The van der Waals surface area contributed by atoms with Crippen molar-refractivity contribution in [3.63, 3.8) is 0 Å². The summed E-state index contributed by atoms with van der Waals surface area (Å²) in [5, 5.41) is 10.6. The average molecular weight is 346 g/mol. The topological polar surface area (TPSA) is 140 Å². The molecule has 10 nitrogen and oxygen atoms in total. The van der Waals surface area contributed by atoms with Gasteiger partial charge in [-0.2, -0.15) is 0 Å². The van der Waals surface area contributed by atoms with E-state index in [1.54, 1.807) is 12.4 Å². The van der Waals surface area contributed by atoms with Crippen LogP contribution in [-0.4, -0.2) is 33.8 Å². The largest absolute Gasteiger partial charge is 0.514 e. The molecule has 1 aliphatic heterocycles. The van der Waals surface area contributed by atoms with E-state index >= 15 is 0 Å². The van der Waals surface area contributed by atoms with Crippen LogP contribution in [0.15, 0.2) is 36.7 Å². The van der Waals surface area contributed by atoms with Crippen molar-refractivity contribution in [2.45, 2.75) is 18.6 Å². The van der Waals surface area contributed by atoms with E-state index < -0.39 is 17.2 Å². The van der Waals surface area contributed by atoms with Crippen LogP contribution >= 0.6 is 0 Å². The predicted octanol–water partition coefficient (Wildman–Crippen LogP) is 2.01. The Bertz CT molecular complexity index is 765. The van der Waals surface area contributed by atoms with E-state index in [0.29, 0.717) is 6.42 Å². The minimum atomic E-state index is -0.906. The van der Waals surface area contributed by atoms with E-state index in [1.165, 1.54) is 24.3 Å². The van der Waals surface area contributed by atoms with Crippen LogP contribution in [0.3, 0.4) is 0 Å². The van der Waals surface area contributed by atoms with Gasteiger partial charge in [0.1, 0.15) is 11.9 Å². The van der Waals surface area contributed by atoms with Crippen molar-refractivity contribution in [1.82, 2.24) is 9.97 Å². The number of aromatic nitrogens is 2. The first-order chi connectivity index (χ1) is 12.0. The number of ether oxygens (including phenoxy) is 3. The van der Waals surface area contributed by atoms with Crippen molar-refractivity contribution in [2.24, 2.45) is 0 Å². The molecule has 0 amide bonds. The summed E-state index contributed by atoms with van der Waals surface area (Å²) in [7, 11) is 0. The highest BCUT2D eigenvalue weighted by Gasteiger charge is 2.30. The maximum atomic E-state index is 11.8. The minimum absolute atomic E-state index is 0.0986. The lowest BCUT2D eigenvalue weighted by molar-refractivity contribution is -0.384. The molecule has 0 spiro atoms. The van der Waals surface area contributed by atoms with Gasteiger partial charge in [0.15, 0.2) is 0 Å². The van der Waals surface area contributed by atoms with E-state index in [0.717, 1.165) is 5.56 Å². The van der Waals surface area contributed by atoms with Gasteiger partial charge in [0.05, 0.1) is 17.6 Å². The molecule has 1 aliphatic rings. The van der Waals surface area contributed by atoms with Gasteiger partial charge in [0, 0.05) is 36.5 Å². The van der Waals surface area contributed by atoms with Crippen LogP contribution in [0.5, 0.6) is 5.75 Å². The van der Waals surface area contributed by atoms with E-state index in [1.807, 2.05) is 0 Å². The van der Waals surface area contributed by atoms with Gasteiger partial charge in [-0.05, 0) is 12.1 Å².